The Hall–Kier alpha value is -3.46. The lowest BCUT2D eigenvalue weighted by Gasteiger charge is -2.32. The predicted octanol–water partition coefficient (Wildman–Crippen LogP) is 3.17. The van der Waals surface area contributed by atoms with Gasteiger partial charge in [-0.25, -0.2) is 9.29 Å². The molecular formula is C25H27FN4O3. The first-order valence-electron chi connectivity index (χ1n) is 10.3. The van der Waals surface area contributed by atoms with Gasteiger partial charge in [-0.05, 0) is 61.3 Å². The molecule has 0 aliphatic rings. The Kier molecular flexibility index (Phi) is 7.02. The standard InChI is InChI=1S/C25H27FN4O3/c1-15-7-8-19(20(12-28-3)23(15)27)18-10-16(2)21(22(26)11-18)13-30(4)25(32,33)24-17(14-31)6-5-9-29-24/h5-12,14,32-33H,13,27H2,1-4H3. The summed E-state index contributed by atoms with van der Waals surface area (Å²) in [5, 5.41) is 21.4. The Morgan fingerprint density at radius 3 is 2.58 bits per heavy atom. The minimum absolute atomic E-state index is 0.0315. The van der Waals surface area contributed by atoms with Gasteiger partial charge in [0.2, 0.25) is 0 Å². The van der Waals surface area contributed by atoms with Gasteiger partial charge < -0.3 is 15.9 Å². The van der Waals surface area contributed by atoms with E-state index in [1.807, 2.05) is 25.1 Å². The first kappa shape index (κ1) is 24.2. The Balaban J connectivity index is 2.00. The summed E-state index contributed by atoms with van der Waals surface area (Å²) in [5.74, 6) is -3.09. The number of aromatic nitrogens is 1. The largest absolute Gasteiger partial charge is 0.398 e. The molecule has 2 aromatic carbocycles. The molecule has 0 unspecified atom stereocenters. The minimum Gasteiger partial charge on any atom is -0.398 e. The number of halogens is 1. The van der Waals surface area contributed by atoms with Crippen molar-refractivity contribution < 1.29 is 19.4 Å². The van der Waals surface area contributed by atoms with Crippen LogP contribution < -0.4 is 5.73 Å². The summed E-state index contributed by atoms with van der Waals surface area (Å²) in [6, 6.07) is 9.89. The molecule has 0 spiro atoms. The van der Waals surface area contributed by atoms with E-state index in [0.29, 0.717) is 28.7 Å². The SMILES string of the molecule is CN=Cc1c(-c2cc(C)c(CN(C)C(O)(O)c3ncccc3C=O)c(F)c2)ccc(C)c1N. The number of pyridine rings is 1. The van der Waals surface area contributed by atoms with Gasteiger partial charge in [-0.15, -0.1) is 0 Å². The molecule has 3 aromatic rings. The third kappa shape index (κ3) is 4.68. The molecule has 33 heavy (non-hydrogen) atoms. The first-order chi connectivity index (χ1) is 15.6. The number of aldehydes is 1. The fourth-order valence-corrected chi connectivity index (χ4v) is 3.72. The van der Waals surface area contributed by atoms with Crippen LogP contribution in [0.3, 0.4) is 0 Å². The third-order valence-electron chi connectivity index (χ3n) is 5.70. The Morgan fingerprint density at radius 2 is 1.94 bits per heavy atom. The second kappa shape index (κ2) is 9.58. The molecule has 0 amide bonds. The van der Waals surface area contributed by atoms with E-state index in [1.165, 1.54) is 31.4 Å². The van der Waals surface area contributed by atoms with Gasteiger partial charge in [-0.3, -0.25) is 14.8 Å². The van der Waals surface area contributed by atoms with E-state index in [-0.39, 0.29) is 23.4 Å². The van der Waals surface area contributed by atoms with Gasteiger partial charge in [0.25, 0.3) is 5.91 Å². The number of hydrogen-bond donors (Lipinski definition) is 3. The zero-order valence-electron chi connectivity index (χ0n) is 19.0. The maximum atomic E-state index is 15.3. The average Bonchev–Trinajstić information content (AvgIpc) is 2.79. The molecule has 1 aromatic heterocycles. The molecule has 0 saturated carbocycles. The fraction of sp³-hybridized carbons (Fsp3) is 0.240. The van der Waals surface area contributed by atoms with Crippen LogP contribution in [0.15, 0.2) is 47.6 Å². The van der Waals surface area contributed by atoms with E-state index < -0.39 is 11.7 Å². The number of benzene rings is 2. The van der Waals surface area contributed by atoms with Crippen LogP contribution >= 0.6 is 0 Å². The topological polar surface area (TPSA) is 112 Å². The fourth-order valence-electron chi connectivity index (χ4n) is 3.72. The van der Waals surface area contributed by atoms with Crippen molar-refractivity contribution in [1.82, 2.24) is 9.88 Å². The van der Waals surface area contributed by atoms with Crippen LogP contribution in [0, 0.1) is 19.7 Å². The lowest BCUT2D eigenvalue weighted by atomic mass is 9.93. The lowest BCUT2D eigenvalue weighted by molar-refractivity contribution is -0.273. The van der Waals surface area contributed by atoms with Crippen LogP contribution in [-0.4, -0.2) is 46.7 Å². The number of anilines is 1. The molecule has 172 valence electrons. The number of aliphatic imine (C=N–C) groups is 1. The highest BCUT2D eigenvalue weighted by Gasteiger charge is 2.36. The van der Waals surface area contributed by atoms with Gasteiger partial charge in [-0.2, -0.15) is 0 Å². The van der Waals surface area contributed by atoms with Crippen molar-refractivity contribution in [3.63, 3.8) is 0 Å². The van der Waals surface area contributed by atoms with Gasteiger partial charge in [0.1, 0.15) is 11.5 Å². The Labute approximate surface area is 192 Å². The number of rotatable bonds is 7. The van der Waals surface area contributed by atoms with E-state index in [9.17, 15) is 15.0 Å². The third-order valence-corrected chi connectivity index (χ3v) is 5.70. The molecule has 7 nitrogen and oxygen atoms in total. The van der Waals surface area contributed by atoms with Crippen molar-refractivity contribution in [2.45, 2.75) is 26.3 Å². The average molecular weight is 451 g/mol. The summed E-state index contributed by atoms with van der Waals surface area (Å²) in [6.07, 6.45) is 3.49. The summed E-state index contributed by atoms with van der Waals surface area (Å²) in [7, 11) is 3.05. The molecule has 0 fully saturated rings. The van der Waals surface area contributed by atoms with E-state index in [0.717, 1.165) is 16.0 Å². The second-order valence-electron chi connectivity index (χ2n) is 7.95. The number of aliphatic hydroxyl groups is 2. The molecule has 0 radical (unpaired) electrons. The highest BCUT2D eigenvalue weighted by molar-refractivity contribution is 5.97. The molecule has 1 heterocycles. The summed E-state index contributed by atoms with van der Waals surface area (Å²) in [4.78, 5) is 20.4. The van der Waals surface area contributed by atoms with Crippen molar-refractivity contribution in [2.75, 3.05) is 19.8 Å². The lowest BCUT2D eigenvalue weighted by Crippen LogP contribution is -2.44. The number of nitrogen functional groups attached to an aromatic ring is 1. The van der Waals surface area contributed by atoms with Crippen LogP contribution in [0.2, 0.25) is 0 Å². The highest BCUT2D eigenvalue weighted by Crippen LogP contribution is 2.33. The number of hydrogen-bond acceptors (Lipinski definition) is 7. The van der Waals surface area contributed by atoms with E-state index in [4.69, 9.17) is 5.73 Å². The first-order valence-corrected chi connectivity index (χ1v) is 10.3. The van der Waals surface area contributed by atoms with Crippen LogP contribution in [0.5, 0.6) is 0 Å². The molecule has 0 atom stereocenters. The van der Waals surface area contributed by atoms with Crippen molar-refractivity contribution in [2.24, 2.45) is 4.99 Å². The van der Waals surface area contributed by atoms with Gasteiger partial charge in [0, 0.05) is 48.4 Å². The van der Waals surface area contributed by atoms with Crippen molar-refractivity contribution in [1.29, 1.82) is 0 Å². The van der Waals surface area contributed by atoms with Crippen molar-refractivity contribution in [3.8, 4) is 11.1 Å². The highest BCUT2D eigenvalue weighted by atomic mass is 19.1. The van der Waals surface area contributed by atoms with Crippen molar-refractivity contribution in [3.05, 3.63) is 81.9 Å². The number of nitrogens with two attached hydrogens (primary N) is 1. The molecular weight excluding hydrogens is 423 g/mol. The molecule has 0 saturated heterocycles. The quantitative estimate of drug-likeness (QED) is 0.221. The Morgan fingerprint density at radius 1 is 1.21 bits per heavy atom. The van der Waals surface area contributed by atoms with E-state index >= 15 is 4.39 Å². The molecule has 8 heteroatoms. The Bertz CT molecular complexity index is 1200. The minimum atomic E-state index is -2.58. The number of carbonyl (C=O) groups is 1. The molecule has 3 rings (SSSR count). The van der Waals surface area contributed by atoms with Crippen molar-refractivity contribution >= 4 is 18.2 Å². The number of nitrogens with zero attached hydrogens (tertiary/aromatic N) is 3. The summed E-state index contributed by atoms with van der Waals surface area (Å²) >= 11 is 0. The molecule has 4 N–H and O–H groups in total. The second-order valence-corrected chi connectivity index (χ2v) is 7.95. The van der Waals surface area contributed by atoms with Gasteiger partial charge in [-0.1, -0.05) is 18.2 Å². The maximum Gasteiger partial charge on any atom is 0.271 e. The van der Waals surface area contributed by atoms with E-state index in [1.54, 1.807) is 20.2 Å². The van der Waals surface area contributed by atoms with Crippen LogP contribution in [-0.2, 0) is 12.5 Å². The normalized spacial score (nSPS) is 12.0. The zero-order valence-corrected chi connectivity index (χ0v) is 19.0. The molecule has 0 aliphatic carbocycles. The monoisotopic (exact) mass is 450 g/mol. The van der Waals surface area contributed by atoms with Gasteiger partial charge in [0.15, 0.2) is 6.29 Å². The smallest absolute Gasteiger partial charge is 0.271 e. The van der Waals surface area contributed by atoms with Gasteiger partial charge >= 0.3 is 0 Å². The number of aryl methyl sites for hydroxylation is 2. The molecule has 0 bridgehead atoms. The summed E-state index contributed by atoms with van der Waals surface area (Å²) in [6.45, 7) is 3.50. The molecule has 0 aliphatic heterocycles. The number of carbonyl (C=O) groups excluding carboxylic acids is 1. The van der Waals surface area contributed by atoms with Crippen LogP contribution in [0.25, 0.3) is 11.1 Å². The van der Waals surface area contributed by atoms with Crippen LogP contribution in [0.1, 0.15) is 38.3 Å². The van der Waals surface area contributed by atoms with Crippen LogP contribution in [0.4, 0.5) is 10.1 Å². The summed E-state index contributed by atoms with van der Waals surface area (Å²) in [5.41, 5.74) is 10.5. The maximum absolute atomic E-state index is 15.3. The van der Waals surface area contributed by atoms with E-state index in [2.05, 4.69) is 9.98 Å². The zero-order chi connectivity index (χ0) is 24.3. The predicted molar refractivity (Wildman–Crippen MR) is 126 cm³/mol. The van der Waals surface area contributed by atoms with Gasteiger partial charge in [0.05, 0.1) is 0 Å². The summed E-state index contributed by atoms with van der Waals surface area (Å²) < 4.78 is 15.3.